The molecule has 0 bridgehead atoms. The Kier molecular flexibility index (Phi) is 9.81. The summed E-state index contributed by atoms with van der Waals surface area (Å²) >= 11 is 6.24. The lowest BCUT2D eigenvalue weighted by Crippen LogP contribution is -2.53. The van der Waals surface area contributed by atoms with Crippen molar-refractivity contribution in [3.8, 4) is 0 Å². The Morgan fingerprint density at radius 2 is 1.46 bits per heavy atom. The highest BCUT2D eigenvalue weighted by Crippen LogP contribution is 2.26. The molecule has 212 valence electrons. The van der Waals surface area contributed by atoms with Crippen molar-refractivity contribution >= 4 is 39.1 Å². The lowest BCUT2D eigenvalue weighted by molar-refractivity contribution is -0.139. The minimum atomic E-state index is -4.13. The van der Waals surface area contributed by atoms with E-state index in [9.17, 15) is 18.0 Å². The van der Waals surface area contributed by atoms with E-state index in [1.807, 2.05) is 49.4 Å². The molecule has 0 radical (unpaired) electrons. The van der Waals surface area contributed by atoms with Crippen LogP contribution in [0.2, 0.25) is 5.02 Å². The van der Waals surface area contributed by atoms with Crippen molar-refractivity contribution in [3.05, 3.63) is 131 Å². The van der Waals surface area contributed by atoms with E-state index < -0.39 is 28.5 Å². The maximum Gasteiger partial charge on any atom is 0.264 e. The predicted octanol–water partition coefficient (Wildman–Crippen LogP) is 5.23. The van der Waals surface area contributed by atoms with Crippen molar-refractivity contribution in [3.63, 3.8) is 0 Å². The zero-order valence-electron chi connectivity index (χ0n) is 22.9. The number of rotatable bonds is 11. The Balaban J connectivity index is 1.78. The van der Waals surface area contributed by atoms with Crippen LogP contribution < -0.4 is 9.62 Å². The summed E-state index contributed by atoms with van der Waals surface area (Å²) in [6.07, 6.45) is 0.239. The second kappa shape index (κ2) is 13.5. The highest BCUT2D eigenvalue weighted by Gasteiger charge is 2.34. The van der Waals surface area contributed by atoms with Crippen molar-refractivity contribution in [2.75, 3.05) is 17.9 Å². The third kappa shape index (κ3) is 7.54. The summed E-state index contributed by atoms with van der Waals surface area (Å²) in [6.45, 7) is 1.40. The quantitative estimate of drug-likeness (QED) is 0.260. The SMILES string of the molecule is CNC(=O)[C@@H](Cc1ccccc1)N(Cc1cccc(Cl)c1)C(=O)CN(c1cccc(C)c1)S(=O)(=O)c1ccccc1. The van der Waals surface area contributed by atoms with E-state index in [0.717, 1.165) is 15.4 Å². The third-order valence-electron chi connectivity index (χ3n) is 6.66. The van der Waals surface area contributed by atoms with Gasteiger partial charge in [0.05, 0.1) is 10.6 Å². The van der Waals surface area contributed by atoms with Crippen LogP contribution in [-0.4, -0.2) is 44.8 Å². The Morgan fingerprint density at radius 3 is 2.10 bits per heavy atom. The van der Waals surface area contributed by atoms with Crippen LogP contribution >= 0.6 is 11.6 Å². The van der Waals surface area contributed by atoms with E-state index in [-0.39, 0.29) is 23.8 Å². The van der Waals surface area contributed by atoms with Gasteiger partial charge in [-0.05, 0) is 60.0 Å². The first-order chi connectivity index (χ1) is 19.7. The number of amides is 2. The molecular weight excluding hydrogens is 558 g/mol. The molecule has 4 rings (SSSR count). The van der Waals surface area contributed by atoms with Gasteiger partial charge in [-0.2, -0.15) is 0 Å². The van der Waals surface area contributed by atoms with Gasteiger partial charge in [0, 0.05) is 25.0 Å². The first kappa shape index (κ1) is 29.8. The lowest BCUT2D eigenvalue weighted by atomic mass is 10.0. The summed E-state index contributed by atoms with van der Waals surface area (Å²) in [5, 5.41) is 3.16. The number of halogens is 1. The predicted molar refractivity (Wildman–Crippen MR) is 162 cm³/mol. The lowest BCUT2D eigenvalue weighted by Gasteiger charge is -2.33. The number of hydrogen-bond acceptors (Lipinski definition) is 4. The maximum absolute atomic E-state index is 14.2. The summed E-state index contributed by atoms with van der Waals surface area (Å²) < 4.78 is 28.9. The van der Waals surface area contributed by atoms with E-state index in [1.54, 1.807) is 54.6 Å². The molecule has 1 N–H and O–H groups in total. The van der Waals surface area contributed by atoms with Crippen LogP contribution in [0.15, 0.2) is 114 Å². The first-order valence-corrected chi connectivity index (χ1v) is 14.9. The molecule has 0 saturated carbocycles. The molecule has 0 saturated heterocycles. The van der Waals surface area contributed by atoms with E-state index in [1.165, 1.54) is 24.1 Å². The van der Waals surface area contributed by atoms with Crippen LogP contribution in [0.5, 0.6) is 0 Å². The normalized spacial score (nSPS) is 11.9. The second-order valence-electron chi connectivity index (χ2n) is 9.64. The van der Waals surface area contributed by atoms with E-state index in [2.05, 4.69) is 5.32 Å². The summed E-state index contributed by atoms with van der Waals surface area (Å²) in [6, 6.07) is 30.5. The van der Waals surface area contributed by atoms with Gasteiger partial charge in [-0.15, -0.1) is 0 Å². The van der Waals surface area contributed by atoms with Gasteiger partial charge in [-0.25, -0.2) is 8.42 Å². The van der Waals surface area contributed by atoms with E-state index >= 15 is 0 Å². The summed E-state index contributed by atoms with van der Waals surface area (Å²) in [5.41, 5.74) is 2.76. The van der Waals surface area contributed by atoms with Crippen molar-refractivity contribution in [1.29, 1.82) is 0 Å². The minimum Gasteiger partial charge on any atom is -0.357 e. The molecule has 2 amide bonds. The Morgan fingerprint density at radius 1 is 0.829 bits per heavy atom. The molecule has 0 unspecified atom stereocenters. The zero-order valence-corrected chi connectivity index (χ0v) is 24.5. The fourth-order valence-electron chi connectivity index (χ4n) is 4.58. The van der Waals surface area contributed by atoms with E-state index in [4.69, 9.17) is 11.6 Å². The van der Waals surface area contributed by atoms with Crippen LogP contribution in [0.1, 0.15) is 16.7 Å². The van der Waals surface area contributed by atoms with Crippen molar-refractivity contribution in [2.45, 2.75) is 30.8 Å². The number of carbonyl (C=O) groups is 2. The van der Waals surface area contributed by atoms with Gasteiger partial charge in [-0.1, -0.05) is 84.4 Å². The van der Waals surface area contributed by atoms with Gasteiger partial charge in [0.1, 0.15) is 12.6 Å². The smallest absolute Gasteiger partial charge is 0.264 e. The fraction of sp³-hybridized carbons (Fsp3) is 0.188. The average Bonchev–Trinajstić information content (AvgIpc) is 2.98. The number of hydrogen-bond donors (Lipinski definition) is 1. The van der Waals surface area contributed by atoms with Crippen LogP contribution in [-0.2, 0) is 32.6 Å². The molecule has 41 heavy (non-hydrogen) atoms. The molecule has 4 aromatic carbocycles. The molecule has 0 aliphatic carbocycles. The Bertz CT molecular complexity index is 1600. The zero-order chi connectivity index (χ0) is 29.4. The molecule has 0 spiro atoms. The Labute approximate surface area is 246 Å². The van der Waals surface area contributed by atoms with Crippen LogP contribution in [0.3, 0.4) is 0 Å². The standard InChI is InChI=1S/C32H32ClN3O4S/c1-24-11-9-16-28(19-24)36(41(39,40)29-17-7-4-8-18-29)23-31(37)35(22-26-14-10-15-27(33)20-26)30(32(38)34-2)21-25-12-5-3-6-13-25/h3-20,30H,21-23H2,1-2H3,(H,34,38)/t30-/m1/s1. The number of nitrogens with zero attached hydrogens (tertiary/aromatic N) is 2. The monoisotopic (exact) mass is 589 g/mol. The fourth-order valence-corrected chi connectivity index (χ4v) is 6.22. The molecule has 7 nitrogen and oxygen atoms in total. The molecule has 9 heteroatoms. The number of likely N-dealkylation sites (N-methyl/N-ethyl adjacent to an activating group) is 1. The van der Waals surface area contributed by atoms with Gasteiger partial charge in [0.2, 0.25) is 11.8 Å². The second-order valence-corrected chi connectivity index (χ2v) is 11.9. The summed E-state index contributed by atoms with van der Waals surface area (Å²) in [7, 11) is -2.61. The maximum atomic E-state index is 14.2. The van der Waals surface area contributed by atoms with Gasteiger partial charge < -0.3 is 10.2 Å². The van der Waals surface area contributed by atoms with Gasteiger partial charge in [-0.3, -0.25) is 13.9 Å². The number of carbonyl (C=O) groups excluding carboxylic acids is 2. The number of aryl methyl sites for hydroxylation is 1. The van der Waals surface area contributed by atoms with Crippen molar-refractivity contribution in [2.24, 2.45) is 0 Å². The number of anilines is 1. The summed E-state index contributed by atoms with van der Waals surface area (Å²) in [5.74, 6) is -0.896. The summed E-state index contributed by atoms with van der Waals surface area (Å²) in [4.78, 5) is 29.0. The average molecular weight is 590 g/mol. The molecular formula is C32H32ClN3O4S. The molecule has 4 aromatic rings. The van der Waals surface area contributed by atoms with Crippen molar-refractivity contribution < 1.29 is 18.0 Å². The number of sulfonamides is 1. The third-order valence-corrected chi connectivity index (χ3v) is 8.68. The van der Waals surface area contributed by atoms with Crippen molar-refractivity contribution in [1.82, 2.24) is 10.2 Å². The molecule has 0 aliphatic heterocycles. The molecule has 0 aliphatic rings. The van der Waals surface area contributed by atoms with Crippen LogP contribution in [0.25, 0.3) is 0 Å². The number of nitrogens with one attached hydrogen (secondary N) is 1. The largest absolute Gasteiger partial charge is 0.357 e. The van der Waals surface area contributed by atoms with E-state index in [0.29, 0.717) is 16.3 Å². The van der Waals surface area contributed by atoms with Gasteiger partial charge >= 0.3 is 0 Å². The minimum absolute atomic E-state index is 0.0529. The van der Waals surface area contributed by atoms with Gasteiger partial charge in [0.25, 0.3) is 10.0 Å². The highest BCUT2D eigenvalue weighted by atomic mass is 35.5. The van der Waals surface area contributed by atoms with Gasteiger partial charge in [0.15, 0.2) is 0 Å². The first-order valence-electron chi connectivity index (χ1n) is 13.1. The Hall–Kier alpha value is -4.14. The van der Waals surface area contributed by atoms with Crippen LogP contribution in [0, 0.1) is 6.92 Å². The number of benzene rings is 4. The topological polar surface area (TPSA) is 86.8 Å². The van der Waals surface area contributed by atoms with Crippen LogP contribution in [0.4, 0.5) is 5.69 Å². The molecule has 0 aromatic heterocycles. The molecule has 0 fully saturated rings. The molecule has 1 atom stereocenters. The molecule has 0 heterocycles. The highest BCUT2D eigenvalue weighted by molar-refractivity contribution is 7.92.